The van der Waals surface area contributed by atoms with Gasteiger partial charge < -0.3 is 14.4 Å². The molecule has 0 aliphatic heterocycles. The molecule has 4 nitrogen and oxygen atoms in total. The van der Waals surface area contributed by atoms with Gasteiger partial charge in [-0.3, -0.25) is 0 Å². The maximum atomic E-state index is 6.48. The van der Waals surface area contributed by atoms with Crippen molar-refractivity contribution in [3.8, 4) is 33.8 Å². The third kappa shape index (κ3) is 9.15. The zero-order valence-corrected chi connectivity index (χ0v) is 38.0. The average molecular weight is 934 g/mol. The van der Waals surface area contributed by atoms with Gasteiger partial charge in [-0.05, 0) is 91.3 Å². The summed E-state index contributed by atoms with van der Waals surface area (Å²) < 4.78 is 6.48. The van der Waals surface area contributed by atoms with Crippen molar-refractivity contribution in [3.05, 3.63) is 131 Å². The Morgan fingerprint density at radius 1 is 0.821 bits per heavy atom. The predicted molar refractivity (Wildman–Crippen MR) is 234 cm³/mol. The van der Waals surface area contributed by atoms with Crippen LogP contribution in [0.2, 0.25) is 19.6 Å². The maximum Gasteiger partial charge on any atom is 0.216 e. The van der Waals surface area contributed by atoms with Gasteiger partial charge in [0.15, 0.2) is 0 Å². The van der Waals surface area contributed by atoms with Gasteiger partial charge in [-0.1, -0.05) is 118 Å². The fraction of sp³-hybridized carbons (Fsp3) is 0.340. The number of rotatable bonds is 8. The minimum Gasteiger partial charge on any atom is -0.486 e. The molecule has 0 spiro atoms. The Morgan fingerprint density at radius 2 is 1.57 bits per heavy atom. The molecule has 0 atom stereocenters. The molecule has 0 N–H and O–H groups in total. The quantitative estimate of drug-likeness (QED) is 0.113. The van der Waals surface area contributed by atoms with Crippen LogP contribution in [0.25, 0.3) is 55.8 Å². The van der Waals surface area contributed by atoms with Crippen molar-refractivity contribution in [3.63, 3.8) is 0 Å². The van der Waals surface area contributed by atoms with E-state index in [4.69, 9.17) is 14.4 Å². The first-order valence-electron chi connectivity index (χ1n) is 20.1. The second-order valence-electron chi connectivity index (χ2n) is 17.2. The Balaban J connectivity index is 0.000000217. The molecule has 1 radical (unpaired) electrons. The van der Waals surface area contributed by atoms with E-state index in [1.807, 2.05) is 24.4 Å². The van der Waals surface area contributed by atoms with Gasteiger partial charge >= 0.3 is 0 Å². The number of benzene rings is 3. The number of hydrogen-bond donors (Lipinski definition) is 0. The fourth-order valence-corrected chi connectivity index (χ4v) is 10.1. The molecule has 0 bridgehead atoms. The molecule has 0 amide bonds. The van der Waals surface area contributed by atoms with E-state index >= 15 is 0 Å². The van der Waals surface area contributed by atoms with Crippen LogP contribution in [0.15, 0.2) is 89.6 Å². The van der Waals surface area contributed by atoms with Crippen molar-refractivity contribution in [1.82, 2.24) is 15.0 Å². The zero-order valence-electron chi connectivity index (χ0n) is 34.6. The predicted octanol–water partition coefficient (Wildman–Crippen LogP) is 12.8. The molecule has 8 rings (SSSR count). The summed E-state index contributed by atoms with van der Waals surface area (Å²) in [5, 5.41) is 3.64. The number of furan rings is 1. The van der Waals surface area contributed by atoms with E-state index in [9.17, 15) is 0 Å². The molecule has 1 aliphatic rings. The van der Waals surface area contributed by atoms with Crippen molar-refractivity contribution >= 4 is 35.3 Å². The molecule has 1 aliphatic carbocycles. The van der Waals surface area contributed by atoms with E-state index in [0.29, 0.717) is 11.6 Å². The van der Waals surface area contributed by atoms with Crippen molar-refractivity contribution in [2.75, 3.05) is 0 Å². The number of nitrogens with zero attached hydrogens (tertiary/aromatic N) is 3. The molecule has 4 aromatic heterocycles. The fourth-order valence-electron chi connectivity index (χ4n) is 8.54. The molecule has 6 heteroatoms. The van der Waals surface area contributed by atoms with Crippen LogP contribution in [-0.2, 0) is 32.9 Å². The standard InChI is InChI=1S/C32H31N2O.C18H24NSi.Ir/c1-19-15-21(3)29(22(4)16-19)27-12-11-26-30-20(2)9-10-25(31(30)35-32(26)34-27)28-18-24(13-14-33-28)17-23-7-5-6-8-23;1-14(2)11-16-12-17(15-9-7-6-8-10-15)19-13-18(16)20(3,4)5;/h9,11-16,18,23H,5-8,17H2,1-4H3;6-9,12-14H,11H2,1-5H3;/q2*-1;. The monoisotopic (exact) mass is 934 g/mol. The van der Waals surface area contributed by atoms with E-state index in [0.717, 1.165) is 68.9 Å². The van der Waals surface area contributed by atoms with Gasteiger partial charge in [0.2, 0.25) is 5.71 Å². The second-order valence-corrected chi connectivity index (χ2v) is 22.3. The molecular formula is C50H55IrN3OSi-2. The summed E-state index contributed by atoms with van der Waals surface area (Å²) in [5.74, 6) is 1.47. The van der Waals surface area contributed by atoms with Gasteiger partial charge in [0.05, 0.1) is 19.4 Å². The topological polar surface area (TPSA) is 51.8 Å². The minimum atomic E-state index is -1.34. The normalized spacial score (nSPS) is 13.2. The summed E-state index contributed by atoms with van der Waals surface area (Å²) in [6.07, 6.45) is 11.7. The summed E-state index contributed by atoms with van der Waals surface area (Å²) in [7, 11) is -1.34. The first-order valence-corrected chi connectivity index (χ1v) is 23.6. The maximum absolute atomic E-state index is 6.48. The van der Waals surface area contributed by atoms with Crippen molar-refractivity contribution in [1.29, 1.82) is 0 Å². The molecule has 4 heterocycles. The van der Waals surface area contributed by atoms with Gasteiger partial charge in [0.1, 0.15) is 0 Å². The van der Waals surface area contributed by atoms with Crippen LogP contribution >= 0.6 is 0 Å². The van der Waals surface area contributed by atoms with Crippen LogP contribution in [0.1, 0.15) is 72.9 Å². The van der Waals surface area contributed by atoms with E-state index in [-0.39, 0.29) is 20.1 Å². The van der Waals surface area contributed by atoms with E-state index in [1.165, 1.54) is 64.3 Å². The molecule has 7 aromatic rings. The van der Waals surface area contributed by atoms with E-state index < -0.39 is 8.07 Å². The van der Waals surface area contributed by atoms with Crippen LogP contribution in [0, 0.1) is 51.7 Å². The number of aromatic nitrogens is 3. The molecule has 1 fully saturated rings. The van der Waals surface area contributed by atoms with Gasteiger partial charge in [-0.2, -0.15) is 0 Å². The first-order chi connectivity index (χ1) is 26.4. The van der Waals surface area contributed by atoms with E-state index in [1.54, 1.807) is 0 Å². The summed E-state index contributed by atoms with van der Waals surface area (Å²) in [6.45, 7) is 20.3. The molecule has 1 saturated carbocycles. The number of fused-ring (bicyclic) bond motifs is 3. The SMILES string of the molecule is CC(C)Cc1cc(-c2[c-]cccc2)ncc1[Si](C)(C)C.Cc1cc(C)c(-c2ccc3c(n2)oc2c(-c4cc(CC5CCCC5)ccn4)[c-]cc(C)c23)c(C)c1.[Ir]. The average Bonchev–Trinajstić information content (AvgIpc) is 3.80. The summed E-state index contributed by atoms with van der Waals surface area (Å²) in [4.78, 5) is 14.4. The Labute approximate surface area is 349 Å². The number of aryl methyl sites for hydroxylation is 4. The minimum absolute atomic E-state index is 0. The van der Waals surface area contributed by atoms with Gasteiger partial charge in [-0.25, -0.2) is 4.98 Å². The molecule has 0 saturated heterocycles. The summed E-state index contributed by atoms with van der Waals surface area (Å²) in [5.41, 5.74) is 15.3. The van der Waals surface area contributed by atoms with Crippen LogP contribution in [0.5, 0.6) is 0 Å². The van der Waals surface area contributed by atoms with Crippen molar-refractivity contribution in [2.45, 2.75) is 99.7 Å². The van der Waals surface area contributed by atoms with Crippen LogP contribution in [0.4, 0.5) is 0 Å². The van der Waals surface area contributed by atoms with Crippen molar-refractivity contribution in [2.24, 2.45) is 11.8 Å². The van der Waals surface area contributed by atoms with Gasteiger partial charge in [0, 0.05) is 43.4 Å². The first kappa shape index (κ1) is 41.4. The molecule has 3 aromatic carbocycles. The third-order valence-electron chi connectivity index (χ3n) is 11.0. The summed E-state index contributed by atoms with van der Waals surface area (Å²) >= 11 is 0. The Hall–Kier alpha value is -4.22. The van der Waals surface area contributed by atoms with Crippen LogP contribution in [-0.4, -0.2) is 23.0 Å². The van der Waals surface area contributed by atoms with E-state index in [2.05, 4.69) is 139 Å². The molecular weight excluding hydrogens is 879 g/mol. The smallest absolute Gasteiger partial charge is 0.216 e. The second kappa shape index (κ2) is 17.5. The molecule has 291 valence electrons. The third-order valence-corrected chi connectivity index (χ3v) is 13.1. The summed E-state index contributed by atoms with van der Waals surface area (Å²) in [6, 6.07) is 32.2. The number of hydrogen-bond acceptors (Lipinski definition) is 4. The number of pyridine rings is 3. The Bertz CT molecular complexity index is 2430. The Kier molecular flexibility index (Phi) is 12.9. The van der Waals surface area contributed by atoms with Crippen LogP contribution in [0.3, 0.4) is 0 Å². The van der Waals surface area contributed by atoms with Gasteiger partial charge in [0.25, 0.3) is 0 Å². The van der Waals surface area contributed by atoms with Crippen LogP contribution < -0.4 is 5.19 Å². The molecule has 56 heavy (non-hydrogen) atoms. The van der Waals surface area contributed by atoms with Crippen molar-refractivity contribution < 1.29 is 24.5 Å². The largest absolute Gasteiger partial charge is 0.486 e. The Morgan fingerprint density at radius 3 is 2.25 bits per heavy atom. The zero-order chi connectivity index (χ0) is 38.9. The molecule has 0 unspecified atom stereocenters. The van der Waals surface area contributed by atoms with Gasteiger partial charge in [-0.15, -0.1) is 53.6 Å².